The second-order valence-corrected chi connectivity index (χ2v) is 5.55. The van der Waals surface area contributed by atoms with Crippen molar-refractivity contribution in [1.29, 1.82) is 0 Å². The van der Waals surface area contributed by atoms with Crippen LogP contribution in [0.5, 0.6) is 0 Å². The van der Waals surface area contributed by atoms with Crippen molar-refractivity contribution in [3.05, 3.63) is 0 Å². The summed E-state index contributed by atoms with van der Waals surface area (Å²) in [5.74, 6) is 0. The summed E-state index contributed by atoms with van der Waals surface area (Å²) in [6.45, 7) is 12.2. The lowest BCUT2D eigenvalue weighted by atomic mass is 10.1. The van der Waals surface area contributed by atoms with Gasteiger partial charge in [-0.2, -0.15) is 0 Å². The molecule has 0 aromatic rings. The van der Waals surface area contributed by atoms with E-state index in [4.69, 9.17) is 9.47 Å². The molecule has 0 aliphatic rings. The third kappa shape index (κ3) is 15.8. The van der Waals surface area contributed by atoms with Crippen molar-refractivity contribution in [2.24, 2.45) is 0 Å². The summed E-state index contributed by atoms with van der Waals surface area (Å²) in [6, 6.07) is 0. The molecule has 0 rings (SSSR count). The zero-order valence-corrected chi connectivity index (χ0v) is 13.5. The maximum absolute atomic E-state index is 5.77. The molecule has 0 bridgehead atoms. The van der Waals surface area contributed by atoms with Crippen LogP contribution < -0.4 is 5.32 Å². The number of ether oxygens (including phenoxy) is 2. The van der Waals surface area contributed by atoms with Gasteiger partial charge in [0, 0.05) is 13.2 Å². The Kier molecular flexibility index (Phi) is 14.2. The molecule has 1 atom stereocenters. The van der Waals surface area contributed by atoms with Crippen LogP contribution in [0.4, 0.5) is 0 Å². The molecular formula is C16H35NO2. The lowest BCUT2D eigenvalue weighted by Gasteiger charge is -2.13. The Labute approximate surface area is 120 Å². The molecule has 0 saturated carbocycles. The first-order valence-corrected chi connectivity index (χ1v) is 8.10. The molecule has 3 heteroatoms. The van der Waals surface area contributed by atoms with Crippen LogP contribution in [-0.2, 0) is 9.47 Å². The topological polar surface area (TPSA) is 30.5 Å². The summed E-state index contributed by atoms with van der Waals surface area (Å²) in [4.78, 5) is 0. The van der Waals surface area contributed by atoms with Crippen molar-refractivity contribution in [2.75, 3.05) is 26.3 Å². The highest BCUT2D eigenvalue weighted by molar-refractivity contribution is 4.53. The van der Waals surface area contributed by atoms with E-state index in [0.29, 0.717) is 12.2 Å². The van der Waals surface area contributed by atoms with Crippen LogP contribution in [0.2, 0.25) is 0 Å². The highest BCUT2D eigenvalue weighted by atomic mass is 16.5. The molecule has 0 fully saturated rings. The summed E-state index contributed by atoms with van der Waals surface area (Å²) in [5.41, 5.74) is 0. The van der Waals surface area contributed by atoms with E-state index < -0.39 is 0 Å². The van der Waals surface area contributed by atoms with Gasteiger partial charge in [0.2, 0.25) is 0 Å². The highest BCUT2D eigenvalue weighted by Gasteiger charge is 2.01. The zero-order valence-electron chi connectivity index (χ0n) is 13.5. The van der Waals surface area contributed by atoms with Crippen molar-refractivity contribution >= 4 is 0 Å². The minimum Gasteiger partial charge on any atom is -0.379 e. The molecule has 116 valence electrons. The quantitative estimate of drug-likeness (QED) is 0.489. The van der Waals surface area contributed by atoms with E-state index in [0.717, 1.165) is 32.7 Å². The number of nitrogens with one attached hydrogen (secondary N) is 1. The average molecular weight is 273 g/mol. The monoisotopic (exact) mass is 273 g/mol. The molecule has 0 amide bonds. The summed E-state index contributed by atoms with van der Waals surface area (Å²) in [6.07, 6.45) is 8.33. The molecule has 0 radical (unpaired) electrons. The molecular weight excluding hydrogens is 238 g/mol. The van der Waals surface area contributed by atoms with Gasteiger partial charge in [0.05, 0.1) is 18.8 Å². The highest BCUT2D eigenvalue weighted by Crippen LogP contribution is 2.07. The number of rotatable bonds is 14. The zero-order chi connectivity index (χ0) is 14.3. The van der Waals surface area contributed by atoms with Crippen LogP contribution in [0.15, 0.2) is 0 Å². The third-order valence-electron chi connectivity index (χ3n) is 3.09. The predicted molar refractivity (Wildman–Crippen MR) is 82.7 cm³/mol. The summed E-state index contributed by atoms with van der Waals surface area (Å²) < 4.78 is 11.3. The van der Waals surface area contributed by atoms with Gasteiger partial charge < -0.3 is 14.8 Å². The average Bonchev–Trinajstić information content (AvgIpc) is 2.37. The van der Waals surface area contributed by atoms with E-state index in [1.165, 1.54) is 32.1 Å². The van der Waals surface area contributed by atoms with Crippen molar-refractivity contribution < 1.29 is 9.47 Å². The molecule has 19 heavy (non-hydrogen) atoms. The maximum Gasteiger partial charge on any atom is 0.0594 e. The van der Waals surface area contributed by atoms with E-state index >= 15 is 0 Å². The van der Waals surface area contributed by atoms with Crippen molar-refractivity contribution in [3.8, 4) is 0 Å². The summed E-state index contributed by atoms with van der Waals surface area (Å²) in [5, 5.41) is 3.39. The fourth-order valence-electron chi connectivity index (χ4n) is 1.92. The van der Waals surface area contributed by atoms with Crippen molar-refractivity contribution in [3.63, 3.8) is 0 Å². The van der Waals surface area contributed by atoms with Gasteiger partial charge in [0.15, 0.2) is 0 Å². The first-order valence-electron chi connectivity index (χ1n) is 8.10. The Balaban J connectivity index is 3.12. The van der Waals surface area contributed by atoms with Crippen LogP contribution in [0.3, 0.4) is 0 Å². The van der Waals surface area contributed by atoms with Crippen LogP contribution in [-0.4, -0.2) is 38.5 Å². The largest absolute Gasteiger partial charge is 0.379 e. The number of hydrogen-bond donors (Lipinski definition) is 1. The summed E-state index contributed by atoms with van der Waals surface area (Å²) >= 11 is 0. The molecule has 0 aliphatic heterocycles. The predicted octanol–water partition coefficient (Wildman–Crippen LogP) is 3.77. The lowest BCUT2D eigenvalue weighted by Crippen LogP contribution is -2.24. The second-order valence-electron chi connectivity index (χ2n) is 5.55. The van der Waals surface area contributed by atoms with Crippen LogP contribution in [0.1, 0.15) is 66.2 Å². The fourth-order valence-corrected chi connectivity index (χ4v) is 1.92. The van der Waals surface area contributed by atoms with Gasteiger partial charge in [-0.3, -0.25) is 0 Å². The van der Waals surface area contributed by atoms with Gasteiger partial charge in [-0.05, 0) is 40.2 Å². The smallest absolute Gasteiger partial charge is 0.0594 e. The van der Waals surface area contributed by atoms with Gasteiger partial charge in [-0.25, -0.2) is 0 Å². The Morgan fingerprint density at radius 2 is 1.63 bits per heavy atom. The van der Waals surface area contributed by atoms with E-state index in [1.54, 1.807) is 0 Å². The van der Waals surface area contributed by atoms with E-state index in [-0.39, 0.29) is 0 Å². The summed E-state index contributed by atoms with van der Waals surface area (Å²) in [7, 11) is 0. The molecule has 0 aliphatic carbocycles. The fraction of sp³-hybridized carbons (Fsp3) is 1.00. The molecule has 0 spiro atoms. The Hall–Kier alpha value is -0.120. The van der Waals surface area contributed by atoms with Crippen molar-refractivity contribution in [2.45, 2.75) is 78.4 Å². The molecule has 0 saturated heterocycles. The van der Waals surface area contributed by atoms with Crippen LogP contribution in [0, 0.1) is 0 Å². The standard InChI is InChI=1S/C16H35NO2/c1-5-6-7-8-10-16(4)19-14-12-17-11-9-13-18-15(2)3/h15-17H,5-14H2,1-4H3. The Morgan fingerprint density at radius 3 is 2.32 bits per heavy atom. The van der Waals surface area contributed by atoms with Gasteiger partial charge in [-0.15, -0.1) is 0 Å². The first kappa shape index (κ1) is 18.9. The molecule has 0 aromatic carbocycles. The Bertz CT molecular complexity index is 174. The van der Waals surface area contributed by atoms with Crippen LogP contribution >= 0.6 is 0 Å². The third-order valence-corrected chi connectivity index (χ3v) is 3.09. The minimum absolute atomic E-state index is 0.344. The molecule has 1 unspecified atom stereocenters. The number of hydrogen-bond acceptors (Lipinski definition) is 3. The lowest BCUT2D eigenvalue weighted by molar-refractivity contribution is 0.0584. The second kappa shape index (κ2) is 14.3. The molecule has 0 heterocycles. The van der Waals surface area contributed by atoms with Gasteiger partial charge in [0.25, 0.3) is 0 Å². The van der Waals surface area contributed by atoms with Crippen LogP contribution in [0.25, 0.3) is 0 Å². The first-order chi connectivity index (χ1) is 9.16. The van der Waals surface area contributed by atoms with Gasteiger partial charge >= 0.3 is 0 Å². The van der Waals surface area contributed by atoms with E-state index in [9.17, 15) is 0 Å². The maximum atomic E-state index is 5.77. The normalized spacial score (nSPS) is 13.1. The van der Waals surface area contributed by atoms with E-state index in [2.05, 4.69) is 33.0 Å². The van der Waals surface area contributed by atoms with Gasteiger partial charge in [-0.1, -0.05) is 32.6 Å². The molecule has 3 nitrogen and oxygen atoms in total. The van der Waals surface area contributed by atoms with Gasteiger partial charge in [0.1, 0.15) is 0 Å². The minimum atomic E-state index is 0.344. The van der Waals surface area contributed by atoms with Crippen molar-refractivity contribution in [1.82, 2.24) is 5.32 Å². The Morgan fingerprint density at radius 1 is 0.842 bits per heavy atom. The SMILES string of the molecule is CCCCCCC(C)OCCNCCCOC(C)C. The number of unbranched alkanes of at least 4 members (excludes halogenated alkanes) is 3. The molecule has 1 N–H and O–H groups in total. The molecule has 0 aromatic heterocycles. The van der Waals surface area contributed by atoms with E-state index in [1.807, 2.05) is 0 Å².